The fourth-order valence-corrected chi connectivity index (χ4v) is 5.34. The quantitative estimate of drug-likeness (QED) is 0.170. The molecule has 4 nitrogen and oxygen atoms in total. The zero-order chi connectivity index (χ0) is 28.3. The SMILES string of the molecule is Cc1c[c-]c(-c2ccccn2)c2oc3c(-c4cccc5ccncc45)cccc3c12.[Ir].[c-]1ccccc1-c1ccccn1. The molecular formula is C38H25IrN3O-2. The fourth-order valence-electron chi connectivity index (χ4n) is 5.34. The van der Waals surface area contributed by atoms with Crippen molar-refractivity contribution in [2.75, 3.05) is 0 Å². The van der Waals surface area contributed by atoms with Crippen molar-refractivity contribution < 1.29 is 24.5 Å². The minimum Gasteiger partial charge on any atom is -0.500 e. The van der Waals surface area contributed by atoms with Crippen LogP contribution in [0.4, 0.5) is 0 Å². The number of pyridine rings is 3. The van der Waals surface area contributed by atoms with Gasteiger partial charge in [-0.2, -0.15) is 0 Å². The van der Waals surface area contributed by atoms with E-state index in [-0.39, 0.29) is 20.1 Å². The third-order valence-electron chi connectivity index (χ3n) is 7.31. The standard InChI is InChI=1S/C27H17N2O.C11H8N.Ir/c1-17-11-12-21(24-10-2-3-14-29-24)27-25(17)22-9-5-8-20(26(22)30-27)19-7-4-6-18-13-15-28-16-23(18)19;1-2-6-10(7-3-1)11-8-4-5-9-12-11;/h2-11,13-16H,1H3;1-6,8-9H;/q2*-1;. The number of aromatic nitrogens is 3. The minimum atomic E-state index is 0. The molecule has 0 unspecified atom stereocenters. The predicted octanol–water partition coefficient (Wildman–Crippen LogP) is 9.52. The van der Waals surface area contributed by atoms with Gasteiger partial charge in [0.1, 0.15) is 5.58 Å². The predicted molar refractivity (Wildman–Crippen MR) is 170 cm³/mol. The average molecular weight is 732 g/mol. The van der Waals surface area contributed by atoms with Crippen molar-refractivity contribution in [3.05, 3.63) is 152 Å². The van der Waals surface area contributed by atoms with Gasteiger partial charge in [0.05, 0.1) is 5.58 Å². The summed E-state index contributed by atoms with van der Waals surface area (Å²) in [6.07, 6.45) is 7.33. The Hall–Kier alpha value is -4.96. The van der Waals surface area contributed by atoms with Crippen LogP contribution in [0.25, 0.3) is 66.4 Å². The molecule has 0 saturated carbocycles. The van der Waals surface area contributed by atoms with Crippen LogP contribution in [0.5, 0.6) is 0 Å². The summed E-state index contributed by atoms with van der Waals surface area (Å²) < 4.78 is 6.56. The summed E-state index contributed by atoms with van der Waals surface area (Å²) in [4.78, 5) is 13.1. The first-order valence-corrected chi connectivity index (χ1v) is 13.8. The van der Waals surface area contributed by atoms with Crippen molar-refractivity contribution in [1.82, 2.24) is 15.0 Å². The molecule has 8 rings (SSSR count). The Morgan fingerprint density at radius 3 is 2.16 bits per heavy atom. The van der Waals surface area contributed by atoms with Gasteiger partial charge in [0, 0.05) is 61.2 Å². The molecule has 1 radical (unpaired) electrons. The Morgan fingerprint density at radius 2 is 1.40 bits per heavy atom. The van der Waals surface area contributed by atoms with Crippen molar-refractivity contribution in [2.24, 2.45) is 0 Å². The maximum atomic E-state index is 6.56. The number of fused-ring (bicyclic) bond motifs is 4. The maximum Gasteiger partial charge on any atom is 0.128 e. The van der Waals surface area contributed by atoms with Crippen molar-refractivity contribution in [2.45, 2.75) is 6.92 Å². The number of rotatable bonds is 3. The van der Waals surface area contributed by atoms with Crippen LogP contribution in [0.3, 0.4) is 0 Å². The monoisotopic (exact) mass is 732 g/mol. The molecule has 0 amide bonds. The Labute approximate surface area is 263 Å². The number of para-hydroxylation sites is 1. The van der Waals surface area contributed by atoms with Crippen LogP contribution in [0.2, 0.25) is 0 Å². The summed E-state index contributed by atoms with van der Waals surface area (Å²) in [6.45, 7) is 2.10. The van der Waals surface area contributed by atoms with Crippen LogP contribution >= 0.6 is 0 Å². The van der Waals surface area contributed by atoms with Gasteiger partial charge in [0.25, 0.3) is 0 Å². The second-order valence-corrected chi connectivity index (χ2v) is 9.94. The van der Waals surface area contributed by atoms with Gasteiger partial charge in [-0.1, -0.05) is 78.5 Å². The third-order valence-corrected chi connectivity index (χ3v) is 7.31. The molecular weight excluding hydrogens is 707 g/mol. The van der Waals surface area contributed by atoms with Crippen LogP contribution in [0.1, 0.15) is 5.56 Å². The summed E-state index contributed by atoms with van der Waals surface area (Å²) in [5.41, 5.74) is 8.78. The van der Waals surface area contributed by atoms with E-state index in [9.17, 15) is 0 Å². The van der Waals surface area contributed by atoms with E-state index in [1.807, 2.05) is 85.2 Å². The second kappa shape index (κ2) is 12.5. The van der Waals surface area contributed by atoms with Crippen molar-refractivity contribution in [3.63, 3.8) is 0 Å². The van der Waals surface area contributed by atoms with E-state index in [1.165, 1.54) is 0 Å². The van der Waals surface area contributed by atoms with Crippen LogP contribution < -0.4 is 0 Å². The molecule has 0 saturated heterocycles. The normalized spacial score (nSPS) is 10.7. The number of nitrogens with zero attached hydrogens (tertiary/aromatic N) is 3. The molecule has 8 aromatic rings. The van der Waals surface area contributed by atoms with Crippen LogP contribution in [-0.2, 0) is 20.1 Å². The van der Waals surface area contributed by atoms with Gasteiger partial charge in [-0.15, -0.1) is 53.6 Å². The summed E-state index contributed by atoms with van der Waals surface area (Å²) in [6, 6.07) is 42.8. The molecule has 209 valence electrons. The van der Waals surface area contributed by atoms with E-state index < -0.39 is 0 Å². The van der Waals surface area contributed by atoms with E-state index in [0.717, 1.165) is 71.9 Å². The zero-order valence-electron chi connectivity index (χ0n) is 23.3. The molecule has 4 aromatic carbocycles. The number of hydrogen-bond acceptors (Lipinski definition) is 4. The Balaban J connectivity index is 0.000000213. The molecule has 0 atom stereocenters. The fraction of sp³-hybridized carbons (Fsp3) is 0.0263. The van der Waals surface area contributed by atoms with E-state index in [0.29, 0.717) is 0 Å². The number of furan rings is 1. The van der Waals surface area contributed by atoms with Crippen LogP contribution in [-0.4, -0.2) is 15.0 Å². The molecule has 0 aliphatic rings. The molecule has 0 aliphatic heterocycles. The van der Waals surface area contributed by atoms with Crippen molar-refractivity contribution in [1.29, 1.82) is 0 Å². The van der Waals surface area contributed by atoms with Crippen LogP contribution in [0, 0.1) is 19.1 Å². The Morgan fingerprint density at radius 1 is 0.628 bits per heavy atom. The summed E-state index contributed by atoms with van der Waals surface area (Å²) in [5.74, 6) is 0. The largest absolute Gasteiger partial charge is 0.500 e. The van der Waals surface area contributed by atoms with Gasteiger partial charge in [0.15, 0.2) is 0 Å². The van der Waals surface area contributed by atoms with Crippen molar-refractivity contribution >= 4 is 32.7 Å². The smallest absolute Gasteiger partial charge is 0.128 e. The van der Waals surface area contributed by atoms with Gasteiger partial charge in [-0.25, -0.2) is 0 Å². The topological polar surface area (TPSA) is 51.8 Å². The summed E-state index contributed by atoms with van der Waals surface area (Å²) in [7, 11) is 0. The van der Waals surface area contributed by atoms with E-state index in [4.69, 9.17) is 4.42 Å². The number of hydrogen-bond donors (Lipinski definition) is 0. The molecule has 0 bridgehead atoms. The molecule has 4 aromatic heterocycles. The summed E-state index contributed by atoms with van der Waals surface area (Å²) >= 11 is 0. The Kier molecular flexibility index (Phi) is 8.19. The summed E-state index contributed by atoms with van der Waals surface area (Å²) in [5, 5.41) is 4.49. The molecule has 4 heterocycles. The first-order valence-electron chi connectivity index (χ1n) is 13.8. The molecule has 0 spiro atoms. The Bertz CT molecular complexity index is 2100. The first-order chi connectivity index (χ1) is 20.8. The molecule has 43 heavy (non-hydrogen) atoms. The second-order valence-electron chi connectivity index (χ2n) is 9.94. The molecule has 0 N–H and O–H groups in total. The van der Waals surface area contributed by atoms with Gasteiger partial charge in [-0.3, -0.25) is 4.98 Å². The maximum absolute atomic E-state index is 6.56. The zero-order valence-corrected chi connectivity index (χ0v) is 25.7. The van der Waals surface area contributed by atoms with Gasteiger partial charge >= 0.3 is 0 Å². The van der Waals surface area contributed by atoms with Crippen molar-refractivity contribution in [3.8, 4) is 33.6 Å². The van der Waals surface area contributed by atoms with Gasteiger partial charge in [-0.05, 0) is 40.5 Å². The number of benzene rings is 4. The molecule has 0 fully saturated rings. The molecule has 0 aliphatic carbocycles. The minimum absolute atomic E-state index is 0. The van der Waals surface area contributed by atoms with E-state index in [2.05, 4.69) is 70.4 Å². The van der Waals surface area contributed by atoms with E-state index >= 15 is 0 Å². The first kappa shape index (κ1) is 28.2. The molecule has 5 heteroatoms. The van der Waals surface area contributed by atoms with E-state index in [1.54, 1.807) is 12.4 Å². The average Bonchev–Trinajstić information content (AvgIpc) is 3.47. The van der Waals surface area contributed by atoms with Crippen LogP contribution in [0.15, 0.2) is 138 Å². The van der Waals surface area contributed by atoms with Gasteiger partial charge < -0.3 is 14.4 Å². The number of aryl methyl sites for hydroxylation is 1. The van der Waals surface area contributed by atoms with Gasteiger partial charge in [0.2, 0.25) is 0 Å². The third kappa shape index (κ3) is 5.49.